The fraction of sp³-hybridized carbons (Fsp3) is 0. The summed E-state index contributed by atoms with van der Waals surface area (Å²) in [5, 5.41) is 5.35. The number of carbonyl (C=O) groups excluding carboxylic acids is 3. The quantitative estimate of drug-likeness (QED) is 0.505. The van der Waals surface area contributed by atoms with Gasteiger partial charge in [0.05, 0.1) is 11.4 Å². The van der Waals surface area contributed by atoms with Crippen molar-refractivity contribution in [2.45, 2.75) is 0 Å². The molecule has 0 saturated carbocycles. The number of rotatable bonds is 5. The highest BCUT2D eigenvalue weighted by atomic mass is 35.5. The zero-order chi connectivity index (χ0) is 22.8. The van der Waals surface area contributed by atoms with Crippen molar-refractivity contribution in [1.29, 1.82) is 0 Å². The Morgan fingerprint density at radius 3 is 2.38 bits per heavy atom. The maximum Gasteiger partial charge on any atom is 0.283 e. The minimum Gasteiger partial charge on any atom is -0.350 e. The van der Waals surface area contributed by atoms with E-state index in [4.69, 9.17) is 23.2 Å². The number of nitrogens with zero attached hydrogens (tertiary/aromatic N) is 1. The third kappa shape index (κ3) is 4.21. The number of amides is 3. The lowest BCUT2D eigenvalue weighted by atomic mass is 10.1. The van der Waals surface area contributed by atoms with E-state index in [0.717, 1.165) is 4.90 Å². The first-order chi connectivity index (χ1) is 15.3. The van der Waals surface area contributed by atoms with Crippen LogP contribution in [0.3, 0.4) is 0 Å². The molecule has 3 aromatic rings. The maximum absolute atomic E-state index is 13.8. The van der Waals surface area contributed by atoms with E-state index in [2.05, 4.69) is 10.6 Å². The molecule has 160 valence electrons. The van der Waals surface area contributed by atoms with Crippen LogP contribution in [-0.2, 0) is 9.59 Å². The molecule has 4 rings (SSSR count). The molecule has 3 aromatic carbocycles. The Kier molecular flexibility index (Phi) is 5.94. The molecule has 0 spiro atoms. The maximum atomic E-state index is 13.8. The standard InChI is InChI=1S/C23H14Cl2FN3O3/c24-14-6-4-8-16(12-14)29-22(31)19(25)20(23(29)32)27-15-7-3-5-13(11-15)21(30)28-18-10-2-1-9-17(18)26/h1-12,27H,(H,28,30). The largest absolute Gasteiger partial charge is 0.350 e. The molecule has 2 N–H and O–H groups in total. The van der Waals surface area contributed by atoms with E-state index in [9.17, 15) is 18.8 Å². The zero-order valence-electron chi connectivity index (χ0n) is 16.2. The molecular formula is C23H14Cl2FN3O3. The Bertz CT molecular complexity index is 1290. The molecule has 9 heteroatoms. The first-order valence-corrected chi connectivity index (χ1v) is 10.1. The van der Waals surface area contributed by atoms with Crippen molar-refractivity contribution in [3.63, 3.8) is 0 Å². The van der Waals surface area contributed by atoms with E-state index in [1.165, 1.54) is 36.4 Å². The van der Waals surface area contributed by atoms with Gasteiger partial charge in [0.2, 0.25) is 0 Å². The molecule has 0 fully saturated rings. The summed E-state index contributed by atoms with van der Waals surface area (Å²) in [6.07, 6.45) is 0. The lowest BCUT2D eigenvalue weighted by Gasteiger charge is -2.15. The van der Waals surface area contributed by atoms with E-state index < -0.39 is 23.5 Å². The SMILES string of the molecule is O=C(Nc1ccccc1F)c1cccc(NC2=C(Cl)C(=O)N(c3cccc(Cl)c3)C2=O)c1. The average Bonchev–Trinajstić information content (AvgIpc) is 2.98. The van der Waals surface area contributed by atoms with Gasteiger partial charge >= 0.3 is 0 Å². The summed E-state index contributed by atoms with van der Waals surface area (Å²) >= 11 is 12.1. The molecular weight excluding hydrogens is 456 g/mol. The number of hydrogen-bond donors (Lipinski definition) is 2. The molecule has 6 nitrogen and oxygen atoms in total. The Labute approximate surface area is 192 Å². The first-order valence-electron chi connectivity index (χ1n) is 9.32. The van der Waals surface area contributed by atoms with Crippen LogP contribution in [0.1, 0.15) is 10.4 Å². The van der Waals surface area contributed by atoms with Crippen LogP contribution in [0.15, 0.2) is 83.5 Å². The normalized spacial score (nSPS) is 13.5. The molecule has 0 aromatic heterocycles. The Balaban J connectivity index is 1.55. The molecule has 32 heavy (non-hydrogen) atoms. The van der Waals surface area contributed by atoms with Gasteiger partial charge in [0, 0.05) is 16.3 Å². The van der Waals surface area contributed by atoms with Crippen molar-refractivity contribution in [3.05, 3.63) is 99.9 Å². The molecule has 3 amide bonds. The van der Waals surface area contributed by atoms with Crippen LogP contribution in [0.25, 0.3) is 0 Å². The van der Waals surface area contributed by atoms with Crippen LogP contribution in [0.5, 0.6) is 0 Å². The van der Waals surface area contributed by atoms with E-state index in [-0.39, 0.29) is 27.7 Å². The third-order valence-corrected chi connectivity index (χ3v) is 5.20. The second-order valence-corrected chi connectivity index (χ2v) is 7.57. The van der Waals surface area contributed by atoms with E-state index in [1.54, 1.807) is 36.4 Å². The fourth-order valence-electron chi connectivity index (χ4n) is 3.10. The Morgan fingerprint density at radius 1 is 0.875 bits per heavy atom. The van der Waals surface area contributed by atoms with Crippen molar-refractivity contribution in [3.8, 4) is 0 Å². The van der Waals surface area contributed by atoms with Crippen LogP contribution in [0.4, 0.5) is 21.5 Å². The highest BCUT2D eigenvalue weighted by Crippen LogP contribution is 2.31. The van der Waals surface area contributed by atoms with Gasteiger partial charge in [-0.15, -0.1) is 0 Å². The molecule has 0 radical (unpaired) electrons. The van der Waals surface area contributed by atoms with Crippen LogP contribution in [-0.4, -0.2) is 17.7 Å². The Hall–Kier alpha value is -3.68. The van der Waals surface area contributed by atoms with Crippen molar-refractivity contribution in [1.82, 2.24) is 0 Å². The number of nitrogens with one attached hydrogen (secondary N) is 2. The number of benzene rings is 3. The number of hydrogen-bond acceptors (Lipinski definition) is 4. The molecule has 1 heterocycles. The molecule has 0 bridgehead atoms. The van der Waals surface area contributed by atoms with Crippen LogP contribution in [0.2, 0.25) is 5.02 Å². The summed E-state index contributed by atoms with van der Waals surface area (Å²) in [5.41, 5.74) is 0.728. The van der Waals surface area contributed by atoms with Crippen molar-refractivity contribution >= 4 is 58.0 Å². The molecule has 0 atom stereocenters. The second kappa shape index (κ2) is 8.82. The van der Waals surface area contributed by atoms with Crippen molar-refractivity contribution < 1.29 is 18.8 Å². The van der Waals surface area contributed by atoms with E-state index in [0.29, 0.717) is 10.7 Å². The lowest BCUT2D eigenvalue weighted by molar-refractivity contribution is -0.120. The van der Waals surface area contributed by atoms with E-state index >= 15 is 0 Å². The molecule has 0 aliphatic carbocycles. The number of imide groups is 1. The topological polar surface area (TPSA) is 78.5 Å². The van der Waals surface area contributed by atoms with Crippen LogP contribution < -0.4 is 15.5 Å². The monoisotopic (exact) mass is 469 g/mol. The summed E-state index contributed by atoms with van der Waals surface area (Å²) < 4.78 is 13.8. The number of carbonyl (C=O) groups is 3. The van der Waals surface area contributed by atoms with Crippen molar-refractivity contribution in [2.75, 3.05) is 15.5 Å². The van der Waals surface area contributed by atoms with Gasteiger partial charge in [-0.25, -0.2) is 9.29 Å². The van der Waals surface area contributed by atoms with Gasteiger partial charge in [0.15, 0.2) is 0 Å². The average molecular weight is 470 g/mol. The van der Waals surface area contributed by atoms with Gasteiger partial charge in [-0.1, -0.05) is 47.5 Å². The Morgan fingerprint density at radius 2 is 1.62 bits per heavy atom. The van der Waals surface area contributed by atoms with Crippen LogP contribution in [0, 0.1) is 5.82 Å². The molecule has 1 aliphatic rings. The summed E-state index contributed by atoms with van der Waals surface area (Å²) in [5.74, 6) is -2.48. The number of halogens is 3. The fourth-order valence-corrected chi connectivity index (χ4v) is 3.50. The number of para-hydroxylation sites is 1. The van der Waals surface area contributed by atoms with Crippen molar-refractivity contribution in [2.24, 2.45) is 0 Å². The van der Waals surface area contributed by atoms with Gasteiger partial charge in [-0.2, -0.15) is 0 Å². The minimum absolute atomic E-state index is 0.0374. The first kappa shape index (κ1) is 21.5. The zero-order valence-corrected chi connectivity index (χ0v) is 17.7. The molecule has 1 aliphatic heterocycles. The highest BCUT2D eigenvalue weighted by molar-refractivity contribution is 6.53. The summed E-state index contributed by atoms with van der Waals surface area (Å²) in [6.45, 7) is 0. The smallest absolute Gasteiger partial charge is 0.283 e. The van der Waals surface area contributed by atoms with Gasteiger partial charge in [0.25, 0.3) is 17.7 Å². The van der Waals surface area contributed by atoms with Gasteiger partial charge in [0.1, 0.15) is 16.5 Å². The van der Waals surface area contributed by atoms with Gasteiger partial charge < -0.3 is 10.6 Å². The summed E-state index contributed by atoms with van der Waals surface area (Å²) in [4.78, 5) is 38.9. The molecule has 0 saturated heterocycles. The second-order valence-electron chi connectivity index (χ2n) is 6.75. The lowest BCUT2D eigenvalue weighted by Crippen LogP contribution is -2.32. The van der Waals surface area contributed by atoms with E-state index in [1.807, 2.05) is 0 Å². The predicted octanol–water partition coefficient (Wildman–Crippen LogP) is 5.17. The highest BCUT2D eigenvalue weighted by Gasteiger charge is 2.39. The van der Waals surface area contributed by atoms with Crippen LogP contribution >= 0.6 is 23.2 Å². The summed E-state index contributed by atoms with van der Waals surface area (Å²) in [6, 6.07) is 18.2. The van der Waals surface area contributed by atoms with Gasteiger partial charge in [-0.3, -0.25) is 14.4 Å². The number of anilines is 3. The predicted molar refractivity (Wildman–Crippen MR) is 121 cm³/mol. The third-order valence-electron chi connectivity index (χ3n) is 4.61. The van der Waals surface area contributed by atoms with Gasteiger partial charge in [-0.05, 0) is 48.5 Å². The minimum atomic E-state index is -0.699. The molecule has 0 unspecified atom stereocenters. The summed E-state index contributed by atoms with van der Waals surface area (Å²) in [7, 11) is 0.